The largest absolute Gasteiger partial charge is 0.464 e. The first kappa shape index (κ1) is 7.77. The van der Waals surface area contributed by atoms with Crippen molar-refractivity contribution in [1.29, 1.82) is 0 Å². The van der Waals surface area contributed by atoms with E-state index in [4.69, 9.17) is 5.11 Å². The SMILES string of the molecule is O=C(O)N1NC=CC1C(F)F. The van der Waals surface area contributed by atoms with E-state index in [9.17, 15) is 13.6 Å². The monoisotopic (exact) mass is 164 g/mol. The van der Waals surface area contributed by atoms with Crippen LogP contribution in [0.2, 0.25) is 0 Å². The Morgan fingerprint density at radius 2 is 2.36 bits per heavy atom. The number of carboxylic acid groups (broad SMARTS) is 1. The second-order valence-corrected chi connectivity index (χ2v) is 1.97. The van der Waals surface area contributed by atoms with Crippen molar-refractivity contribution in [3.63, 3.8) is 0 Å². The maximum Gasteiger partial charge on any atom is 0.426 e. The summed E-state index contributed by atoms with van der Waals surface area (Å²) < 4.78 is 23.9. The molecule has 1 atom stereocenters. The van der Waals surface area contributed by atoms with Gasteiger partial charge in [-0.15, -0.1) is 0 Å². The molecule has 2 N–H and O–H groups in total. The van der Waals surface area contributed by atoms with Crippen molar-refractivity contribution < 1.29 is 18.7 Å². The Labute approximate surface area is 61.1 Å². The first-order valence-corrected chi connectivity index (χ1v) is 2.86. The van der Waals surface area contributed by atoms with Crippen molar-refractivity contribution >= 4 is 6.09 Å². The van der Waals surface area contributed by atoms with Crippen LogP contribution in [-0.2, 0) is 0 Å². The number of nitrogens with one attached hydrogen (secondary N) is 1. The van der Waals surface area contributed by atoms with Gasteiger partial charge in [-0.1, -0.05) is 0 Å². The zero-order valence-corrected chi connectivity index (χ0v) is 5.37. The first-order chi connectivity index (χ1) is 5.13. The van der Waals surface area contributed by atoms with Gasteiger partial charge in [-0.25, -0.2) is 18.6 Å². The van der Waals surface area contributed by atoms with Gasteiger partial charge in [0.25, 0.3) is 6.43 Å². The summed E-state index contributed by atoms with van der Waals surface area (Å²) in [5, 5.41) is 8.77. The summed E-state index contributed by atoms with van der Waals surface area (Å²) in [5.41, 5.74) is 2.16. The smallest absolute Gasteiger partial charge is 0.426 e. The lowest BCUT2D eigenvalue weighted by atomic mass is 10.3. The minimum absolute atomic E-state index is 0.449. The highest BCUT2D eigenvalue weighted by Crippen LogP contribution is 2.13. The third kappa shape index (κ3) is 1.39. The third-order valence-corrected chi connectivity index (χ3v) is 1.27. The summed E-state index contributed by atoms with van der Waals surface area (Å²) in [5.74, 6) is 0. The number of alkyl halides is 2. The van der Waals surface area contributed by atoms with Crippen LogP contribution in [0.15, 0.2) is 12.3 Å². The molecule has 11 heavy (non-hydrogen) atoms. The topological polar surface area (TPSA) is 52.6 Å². The number of amides is 1. The summed E-state index contributed by atoms with van der Waals surface area (Å²) in [6.07, 6.45) is -1.85. The molecule has 1 amide bonds. The molecule has 1 heterocycles. The van der Waals surface area contributed by atoms with E-state index in [2.05, 4.69) is 5.43 Å². The Hall–Kier alpha value is -1.33. The molecule has 0 aromatic rings. The van der Waals surface area contributed by atoms with Crippen LogP contribution in [0.5, 0.6) is 0 Å². The van der Waals surface area contributed by atoms with Crippen LogP contribution in [0.4, 0.5) is 13.6 Å². The van der Waals surface area contributed by atoms with Crippen LogP contribution in [0, 0.1) is 0 Å². The quantitative estimate of drug-likeness (QED) is 0.597. The number of hydrogen-bond acceptors (Lipinski definition) is 2. The normalized spacial score (nSPS) is 22.5. The van der Waals surface area contributed by atoms with E-state index in [0.29, 0.717) is 5.01 Å². The number of nitrogens with zero attached hydrogens (tertiary/aromatic N) is 1. The Morgan fingerprint density at radius 3 is 2.73 bits per heavy atom. The molecule has 0 saturated heterocycles. The first-order valence-electron chi connectivity index (χ1n) is 2.86. The van der Waals surface area contributed by atoms with Gasteiger partial charge in [0, 0.05) is 6.20 Å². The van der Waals surface area contributed by atoms with Crippen LogP contribution in [0.3, 0.4) is 0 Å². The molecule has 0 aromatic heterocycles. The highest BCUT2D eigenvalue weighted by Gasteiger charge is 2.31. The van der Waals surface area contributed by atoms with Gasteiger partial charge in [0.05, 0.1) is 0 Å². The van der Waals surface area contributed by atoms with Gasteiger partial charge in [0.1, 0.15) is 6.04 Å². The number of rotatable bonds is 1. The second-order valence-electron chi connectivity index (χ2n) is 1.97. The molecule has 0 fully saturated rings. The van der Waals surface area contributed by atoms with E-state index in [1.165, 1.54) is 6.20 Å². The zero-order chi connectivity index (χ0) is 8.43. The Balaban J connectivity index is 2.63. The zero-order valence-electron chi connectivity index (χ0n) is 5.37. The van der Waals surface area contributed by atoms with Crippen molar-refractivity contribution in [3.05, 3.63) is 12.3 Å². The van der Waals surface area contributed by atoms with Crippen LogP contribution in [0.1, 0.15) is 0 Å². The summed E-state index contributed by atoms with van der Waals surface area (Å²) in [6, 6.07) is -1.37. The van der Waals surface area contributed by atoms with E-state index < -0.39 is 18.6 Å². The Bertz CT molecular complexity index is 195. The average molecular weight is 164 g/mol. The summed E-state index contributed by atoms with van der Waals surface area (Å²) >= 11 is 0. The molecular weight excluding hydrogens is 158 g/mol. The van der Waals surface area contributed by atoms with Crippen molar-refractivity contribution in [1.82, 2.24) is 10.4 Å². The molecule has 1 aliphatic rings. The summed E-state index contributed by atoms with van der Waals surface area (Å²) in [7, 11) is 0. The van der Waals surface area contributed by atoms with Crippen molar-refractivity contribution in [2.24, 2.45) is 0 Å². The minimum Gasteiger partial charge on any atom is -0.464 e. The molecule has 0 saturated carbocycles. The van der Waals surface area contributed by atoms with Crippen LogP contribution < -0.4 is 5.43 Å². The number of hydrazine groups is 1. The fourth-order valence-corrected chi connectivity index (χ4v) is 0.773. The molecule has 0 aliphatic carbocycles. The second kappa shape index (κ2) is 2.73. The van der Waals surface area contributed by atoms with Gasteiger partial charge >= 0.3 is 6.09 Å². The maximum absolute atomic E-state index is 12.0. The highest BCUT2D eigenvalue weighted by atomic mass is 19.3. The molecule has 1 aliphatic heterocycles. The van der Waals surface area contributed by atoms with E-state index >= 15 is 0 Å². The molecule has 1 rings (SSSR count). The lowest BCUT2D eigenvalue weighted by Gasteiger charge is -2.19. The molecule has 0 radical (unpaired) electrons. The van der Waals surface area contributed by atoms with E-state index in [1.54, 1.807) is 0 Å². The standard InChI is InChI=1S/C5H6F2N2O2/c6-4(7)3-1-2-8-9(3)5(10)11/h1-4,8H,(H,10,11). The van der Waals surface area contributed by atoms with Crippen LogP contribution in [0.25, 0.3) is 0 Å². The van der Waals surface area contributed by atoms with Crippen molar-refractivity contribution in [2.45, 2.75) is 12.5 Å². The predicted octanol–water partition coefficient (Wildman–Crippen LogP) is 0.632. The number of carbonyl (C=O) groups is 1. The fourth-order valence-electron chi connectivity index (χ4n) is 0.773. The summed E-state index contributed by atoms with van der Waals surface area (Å²) in [6.45, 7) is 0. The van der Waals surface area contributed by atoms with Gasteiger partial charge in [0.15, 0.2) is 0 Å². The lowest BCUT2D eigenvalue weighted by molar-refractivity contribution is 0.0423. The lowest BCUT2D eigenvalue weighted by Crippen LogP contribution is -2.44. The molecule has 62 valence electrons. The Morgan fingerprint density at radius 1 is 1.73 bits per heavy atom. The average Bonchev–Trinajstić information content (AvgIpc) is 2.32. The van der Waals surface area contributed by atoms with Gasteiger partial charge in [-0.3, -0.25) is 0 Å². The molecule has 6 heteroatoms. The molecule has 0 spiro atoms. The summed E-state index contributed by atoms with van der Waals surface area (Å²) in [4.78, 5) is 10.2. The number of hydrogen-bond donors (Lipinski definition) is 2. The van der Waals surface area contributed by atoms with Crippen molar-refractivity contribution in [2.75, 3.05) is 0 Å². The molecule has 0 aromatic carbocycles. The van der Waals surface area contributed by atoms with Gasteiger partial charge < -0.3 is 10.5 Å². The van der Waals surface area contributed by atoms with E-state index in [0.717, 1.165) is 6.08 Å². The predicted molar refractivity (Wildman–Crippen MR) is 31.9 cm³/mol. The maximum atomic E-state index is 12.0. The van der Waals surface area contributed by atoms with Crippen molar-refractivity contribution in [3.8, 4) is 0 Å². The van der Waals surface area contributed by atoms with E-state index in [1.807, 2.05) is 0 Å². The van der Waals surface area contributed by atoms with Gasteiger partial charge in [-0.2, -0.15) is 0 Å². The third-order valence-electron chi connectivity index (χ3n) is 1.27. The highest BCUT2D eigenvalue weighted by molar-refractivity contribution is 5.65. The van der Waals surface area contributed by atoms with Crippen LogP contribution in [-0.4, -0.2) is 28.7 Å². The van der Waals surface area contributed by atoms with Gasteiger partial charge in [0.2, 0.25) is 0 Å². The fraction of sp³-hybridized carbons (Fsp3) is 0.400. The molecule has 0 bridgehead atoms. The minimum atomic E-state index is -2.70. The van der Waals surface area contributed by atoms with Gasteiger partial charge in [-0.05, 0) is 6.08 Å². The molecular formula is C5H6F2N2O2. The Kier molecular flexibility index (Phi) is 1.93. The number of halogens is 2. The molecule has 1 unspecified atom stereocenters. The molecule has 4 nitrogen and oxygen atoms in total. The van der Waals surface area contributed by atoms with Crippen LogP contribution >= 0.6 is 0 Å². The van der Waals surface area contributed by atoms with E-state index in [-0.39, 0.29) is 0 Å².